The van der Waals surface area contributed by atoms with E-state index in [0.29, 0.717) is 76.4 Å². The average Bonchev–Trinajstić information content (AvgIpc) is 4.19. The fourth-order valence-electron chi connectivity index (χ4n) is 12.3. The number of amides is 5. The summed E-state index contributed by atoms with van der Waals surface area (Å²) in [6, 6.07) is 5.60. The number of hydrogen-bond donors (Lipinski definition) is 2. The van der Waals surface area contributed by atoms with Crippen molar-refractivity contribution in [2.75, 3.05) is 98.3 Å². The molecule has 1 spiro atoms. The quantitative estimate of drug-likeness (QED) is 0.118. The third-order valence-electron chi connectivity index (χ3n) is 16.9. The van der Waals surface area contributed by atoms with Crippen molar-refractivity contribution in [2.45, 2.75) is 117 Å². The van der Waals surface area contributed by atoms with E-state index in [1.807, 2.05) is 32.3 Å². The molecule has 4 atom stereocenters. The molecule has 4 fully saturated rings. The number of cyclic esters (lactones) is 1. The summed E-state index contributed by atoms with van der Waals surface area (Å²) in [4.78, 5) is 90.7. The molecular weight excluding hydrogens is 1010 g/mol. The molecule has 18 nitrogen and oxygen atoms in total. The summed E-state index contributed by atoms with van der Waals surface area (Å²) in [5.74, 6) is -1.88. The lowest BCUT2D eigenvalue weighted by Gasteiger charge is -2.42. The van der Waals surface area contributed by atoms with Crippen molar-refractivity contribution in [1.29, 1.82) is 0 Å². The number of alkyl halides is 1. The van der Waals surface area contributed by atoms with Crippen molar-refractivity contribution >= 4 is 57.6 Å². The fraction of sp³-hybridized carbons (Fsp3) is 0.603. The third-order valence-corrected chi connectivity index (χ3v) is 17.8. The van der Waals surface area contributed by atoms with Crippen LogP contribution in [-0.4, -0.2) is 180 Å². The first kappa shape index (κ1) is 56.7. The maximum absolute atomic E-state index is 14.8. The molecule has 6 bridgehead atoms. The zero-order valence-electron chi connectivity index (χ0n) is 47.1. The van der Waals surface area contributed by atoms with Crippen LogP contribution < -0.4 is 15.6 Å². The highest BCUT2D eigenvalue weighted by Gasteiger charge is 2.44. The molecule has 5 aliphatic heterocycles. The van der Waals surface area contributed by atoms with E-state index in [1.54, 1.807) is 24.0 Å². The lowest BCUT2D eigenvalue weighted by atomic mass is 9.78. The minimum absolute atomic E-state index is 0.0669. The van der Waals surface area contributed by atoms with Crippen LogP contribution in [0.15, 0.2) is 48.0 Å². The molecule has 1 aromatic carbocycles. The van der Waals surface area contributed by atoms with Crippen molar-refractivity contribution in [2.24, 2.45) is 16.7 Å². The topological polar surface area (TPSA) is 178 Å². The maximum atomic E-state index is 14.8. The summed E-state index contributed by atoms with van der Waals surface area (Å²) in [6.07, 6.45) is 8.02. The Kier molecular flexibility index (Phi) is 17.3. The molecule has 0 saturated carbocycles. The molecule has 422 valence electrons. The summed E-state index contributed by atoms with van der Waals surface area (Å²) in [7, 11) is 5.50. The van der Waals surface area contributed by atoms with Crippen molar-refractivity contribution in [3.63, 3.8) is 0 Å². The zero-order valence-corrected chi connectivity index (χ0v) is 47.9. The van der Waals surface area contributed by atoms with Gasteiger partial charge in [0.25, 0.3) is 5.91 Å². The van der Waals surface area contributed by atoms with Crippen LogP contribution in [-0.2, 0) is 48.0 Å². The average molecular weight is 1090 g/mol. The normalized spacial score (nSPS) is 22.0. The highest BCUT2D eigenvalue weighted by atomic mass is 32.1. The molecule has 78 heavy (non-hydrogen) atoms. The van der Waals surface area contributed by atoms with Gasteiger partial charge in [-0.05, 0) is 101 Å². The first-order chi connectivity index (χ1) is 37.3. The summed E-state index contributed by atoms with van der Waals surface area (Å²) in [5.41, 5.74) is 10.3. The number of benzene rings is 1. The monoisotopic (exact) mass is 1090 g/mol. The smallest absolute Gasteiger partial charge is 0.324 e. The first-order valence-electron chi connectivity index (χ1n) is 28.0. The van der Waals surface area contributed by atoms with Crippen LogP contribution >= 0.6 is 11.3 Å². The second kappa shape index (κ2) is 23.8. The molecule has 3 aromatic heterocycles. The number of ether oxygens (including phenoxy) is 2. The van der Waals surface area contributed by atoms with E-state index in [9.17, 15) is 28.4 Å². The van der Waals surface area contributed by atoms with Crippen LogP contribution in [0.1, 0.15) is 96.0 Å². The minimum atomic E-state index is -1.10. The Labute approximate surface area is 462 Å². The van der Waals surface area contributed by atoms with Crippen LogP contribution in [0.5, 0.6) is 0 Å². The van der Waals surface area contributed by atoms with Gasteiger partial charge in [-0.3, -0.25) is 29.2 Å². The number of rotatable bonds is 11. The molecule has 2 N–H and O–H groups in total. The van der Waals surface area contributed by atoms with Gasteiger partial charge in [0.2, 0.25) is 11.8 Å². The Morgan fingerprint density at radius 1 is 1.03 bits per heavy atom. The number of halogens is 1. The Bertz CT molecular complexity index is 2890. The van der Waals surface area contributed by atoms with Gasteiger partial charge in [0, 0.05) is 125 Å². The lowest BCUT2D eigenvalue weighted by molar-refractivity contribution is -0.155. The fourth-order valence-corrected chi connectivity index (χ4v) is 13.2. The molecule has 5 aliphatic rings. The van der Waals surface area contributed by atoms with Gasteiger partial charge in [-0.2, -0.15) is 0 Å². The van der Waals surface area contributed by atoms with Gasteiger partial charge in [-0.15, -0.1) is 11.3 Å². The van der Waals surface area contributed by atoms with E-state index in [-0.39, 0.29) is 42.4 Å². The summed E-state index contributed by atoms with van der Waals surface area (Å²) in [5, 5.41) is 8.19. The number of aryl methyl sites for hydroxylation is 1. The van der Waals surface area contributed by atoms with E-state index in [0.717, 1.165) is 83.0 Å². The van der Waals surface area contributed by atoms with Gasteiger partial charge in [-0.25, -0.2) is 19.6 Å². The van der Waals surface area contributed by atoms with E-state index in [2.05, 4.69) is 77.2 Å². The third kappa shape index (κ3) is 12.0. The van der Waals surface area contributed by atoms with Crippen molar-refractivity contribution in [3.05, 3.63) is 64.3 Å². The Hall–Kier alpha value is -5.96. The van der Waals surface area contributed by atoms with Crippen molar-refractivity contribution in [3.8, 4) is 22.5 Å². The number of aromatic nitrogens is 3. The van der Waals surface area contributed by atoms with E-state index >= 15 is 0 Å². The number of thiazole rings is 1. The number of nitrogens with zero attached hydrogens (tertiary/aromatic N) is 9. The Morgan fingerprint density at radius 2 is 1.76 bits per heavy atom. The SMILES string of the molecule is CCn1c(-c2cc(N3CCN(C)CC3)cnc2[C@H](C)OC)c2c3cc(ccc31)-c1csc(n1)C[C@H](NC(=O)[C@H](C(C)C)N(C)C(=O)N1CCC3(CCN(C(=O)/C=C/CF)C3)CC1)C(=O)N1CCC[C@H](N1)C(=O)OCC(C)(C)C2. The van der Waals surface area contributed by atoms with Crippen LogP contribution in [0.25, 0.3) is 33.4 Å². The molecule has 0 radical (unpaired) electrons. The number of pyridine rings is 1. The number of piperazine rings is 1. The number of carbonyl (C=O) groups is 5. The van der Waals surface area contributed by atoms with Gasteiger partial charge in [0.05, 0.1) is 46.7 Å². The number of piperidine rings is 1. The number of hydrogen-bond acceptors (Lipinski definition) is 13. The summed E-state index contributed by atoms with van der Waals surface area (Å²) < 4.78 is 27.3. The van der Waals surface area contributed by atoms with Gasteiger partial charge < -0.3 is 43.9 Å². The number of anilines is 1. The molecule has 4 aromatic rings. The van der Waals surface area contributed by atoms with Crippen LogP contribution in [0.3, 0.4) is 0 Å². The van der Waals surface area contributed by atoms with E-state index < -0.39 is 48.0 Å². The molecule has 5 amide bonds. The van der Waals surface area contributed by atoms with Crippen LogP contribution in [0.2, 0.25) is 0 Å². The van der Waals surface area contributed by atoms with Gasteiger partial charge >= 0.3 is 12.0 Å². The van der Waals surface area contributed by atoms with E-state index in [1.165, 1.54) is 33.4 Å². The van der Waals surface area contributed by atoms with Crippen LogP contribution in [0, 0.1) is 16.7 Å². The number of methoxy groups -OCH3 is 1. The molecule has 9 rings (SSSR count). The van der Waals surface area contributed by atoms with Gasteiger partial charge in [0.1, 0.15) is 24.8 Å². The number of allylic oxidation sites excluding steroid dienone is 1. The predicted molar refractivity (Wildman–Crippen MR) is 300 cm³/mol. The molecule has 8 heterocycles. The minimum Gasteiger partial charge on any atom is -0.464 e. The number of likely N-dealkylation sites (tertiary alicyclic amines) is 2. The number of likely N-dealkylation sites (N-methyl/N-ethyl adjacent to an activating group) is 2. The number of fused-ring (bicyclic) bond motifs is 6. The largest absolute Gasteiger partial charge is 0.464 e. The van der Waals surface area contributed by atoms with Gasteiger partial charge in [0.15, 0.2) is 0 Å². The molecule has 4 saturated heterocycles. The number of carbonyl (C=O) groups excluding carboxylic acids is 5. The molecule has 20 heteroatoms. The maximum Gasteiger partial charge on any atom is 0.324 e. The van der Waals surface area contributed by atoms with Crippen molar-refractivity contribution < 1.29 is 37.8 Å². The second-order valence-electron chi connectivity index (χ2n) is 23.4. The Morgan fingerprint density at radius 3 is 2.45 bits per heavy atom. The second-order valence-corrected chi connectivity index (χ2v) is 24.3. The summed E-state index contributed by atoms with van der Waals surface area (Å²) in [6.45, 7) is 18.4. The molecule has 0 unspecified atom stereocenters. The first-order valence-corrected chi connectivity index (χ1v) is 28.8. The van der Waals surface area contributed by atoms with Crippen molar-refractivity contribution in [1.82, 2.24) is 49.9 Å². The lowest BCUT2D eigenvalue weighted by Crippen LogP contribution is -2.62. The highest BCUT2D eigenvalue weighted by molar-refractivity contribution is 7.10. The number of esters is 1. The Balaban J connectivity index is 1.03. The summed E-state index contributed by atoms with van der Waals surface area (Å²) >= 11 is 1.42. The predicted octanol–water partition coefficient (Wildman–Crippen LogP) is 6.87. The number of urea groups is 1. The molecule has 0 aliphatic carbocycles. The van der Waals surface area contributed by atoms with Gasteiger partial charge in [-0.1, -0.05) is 33.8 Å². The van der Waals surface area contributed by atoms with Crippen LogP contribution in [0.4, 0.5) is 14.9 Å². The van der Waals surface area contributed by atoms with E-state index in [4.69, 9.17) is 19.4 Å². The standard InChI is InChI=1S/C58H80FN11O7S/c1-10-69-47-16-15-39-29-41(47)43(52(69)42-30-40(33-60-50(42)38(4)76-9)66-27-25-64(7)26-28-66)32-57(5,6)36-77-55(74)44-13-12-21-70(63-44)54(73)45(31-48-61-46(39)34-78-48)62-53(72)51(37(2)3)65(8)56(75)67-22-17-58(18-23-67)19-24-68(35-58)49(71)14-11-20-59/h11,14-16,29-30,33-34,37-38,44-45,51,63H,10,12-13,17-28,31-32,35-36H2,1-9H3,(H,62,72)/b14-11+/t38-,44-,45-,51-/m0/s1. The number of hydrazine groups is 1. The zero-order chi connectivity index (χ0) is 55.6. The number of nitrogens with one attached hydrogen (secondary N) is 2. The molecular formula is C58H80FN11O7S. The highest BCUT2D eigenvalue weighted by Crippen LogP contribution is 2.44.